The zero-order valence-corrected chi connectivity index (χ0v) is 12.3. The highest BCUT2D eigenvalue weighted by atomic mass is 19.1. The monoisotopic (exact) mass is 312 g/mol. The van der Waals surface area contributed by atoms with Gasteiger partial charge in [-0.2, -0.15) is 5.26 Å². The molecule has 6 heteroatoms. The van der Waals surface area contributed by atoms with E-state index in [9.17, 15) is 14.0 Å². The van der Waals surface area contributed by atoms with E-state index in [4.69, 9.17) is 10.00 Å². The van der Waals surface area contributed by atoms with Gasteiger partial charge in [0.05, 0.1) is 17.2 Å². The van der Waals surface area contributed by atoms with E-state index in [1.54, 1.807) is 18.2 Å². The topological polar surface area (TPSA) is 79.2 Å². The second-order valence-corrected chi connectivity index (χ2v) is 4.80. The molecular weight excluding hydrogens is 299 g/mol. The number of anilines is 1. The van der Waals surface area contributed by atoms with E-state index < -0.39 is 24.3 Å². The SMILES string of the molecule is Cc1ccc(NC(=O)COC(=O)c2ccc(C#N)cc2F)cc1. The molecule has 2 aromatic rings. The first-order valence-corrected chi connectivity index (χ1v) is 6.73. The summed E-state index contributed by atoms with van der Waals surface area (Å²) < 4.78 is 18.4. The fourth-order valence-electron chi connectivity index (χ4n) is 1.79. The maximum atomic E-state index is 13.6. The molecule has 0 aliphatic carbocycles. The minimum Gasteiger partial charge on any atom is -0.452 e. The molecule has 5 nitrogen and oxygen atoms in total. The first-order chi connectivity index (χ1) is 11.0. The number of amides is 1. The third-order valence-electron chi connectivity index (χ3n) is 2.99. The minimum absolute atomic E-state index is 0.0937. The zero-order valence-electron chi connectivity index (χ0n) is 12.3. The van der Waals surface area contributed by atoms with Gasteiger partial charge in [0.25, 0.3) is 5.91 Å². The fraction of sp³-hybridized carbons (Fsp3) is 0.118. The highest BCUT2D eigenvalue weighted by Gasteiger charge is 2.15. The van der Waals surface area contributed by atoms with E-state index in [1.807, 2.05) is 19.1 Å². The van der Waals surface area contributed by atoms with Crippen LogP contribution in [0.2, 0.25) is 0 Å². The second kappa shape index (κ2) is 7.18. The lowest BCUT2D eigenvalue weighted by Gasteiger charge is -2.07. The van der Waals surface area contributed by atoms with Crippen molar-refractivity contribution < 1.29 is 18.7 Å². The van der Waals surface area contributed by atoms with Gasteiger partial charge in [-0.25, -0.2) is 9.18 Å². The lowest BCUT2D eigenvalue weighted by Crippen LogP contribution is -2.21. The Morgan fingerprint density at radius 3 is 2.52 bits per heavy atom. The van der Waals surface area contributed by atoms with Crippen LogP contribution in [0.15, 0.2) is 42.5 Å². The first-order valence-electron chi connectivity index (χ1n) is 6.73. The van der Waals surface area contributed by atoms with Crippen molar-refractivity contribution in [3.8, 4) is 6.07 Å². The summed E-state index contributed by atoms with van der Waals surface area (Å²) in [7, 11) is 0. The van der Waals surface area contributed by atoms with Gasteiger partial charge >= 0.3 is 5.97 Å². The number of nitriles is 1. The van der Waals surface area contributed by atoms with E-state index in [0.29, 0.717) is 5.69 Å². The molecule has 0 saturated carbocycles. The average molecular weight is 312 g/mol. The number of ether oxygens (including phenoxy) is 1. The molecule has 0 aliphatic rings. The standard InChI is InChI=1S/C17H13FN2O3/c1-11-2-5-13(6-3-11)20-16(21)10-23-17(22)14-7-4-12(9-19)8-15(14)18/h2-8H,10H2,1H3,(H,20,21). The van der Waals surface area contributed by atoms with Crippen molar-refractivity contribution in [2.24, 2.45) is 0 Å². The third kappa shape index (κ3) is 4.38. The third-order valence-corrected chi connectivity index (χ3v) is 2.99. The molecule has 0 atom stereocenters. The number of hydrogen-bond acceptors (Lipinski definition) is 4. The Labute approximate surface area is 132 Å². The van der Waals surface area contributed by atoms with E-state index >= 15 is 0 Å². The lowest BCUT2D eigenvalue weighted by atomic mass is 10.1. The number of rotatable bonds is 4. The van der Waals surface area contributed by atoms with Gasteiger partial charge in [-0.1, -0.05) is 17.7 Å². The van der Waals surface area contributed by atoms with Crippen LogP contribution in [0.3, 0.4) is 0 Å². The number of esters is 1. The minimum atomic E-state index is -0.967. The molecule has 0 heterocycles. The van der Waals surface area contributed by atoms with Crippen molar-refractivity contribution in [1.29, 1.82) is 5.26 Å². The number of nitrogens with zero attached hydrogens (tertiary/aromatic N) is 1. The van der Waals surface area contributed by atoms with Gasteiger partial charge in [0.2, 0.25) is 0 Å². The molecule has 2 rings (SSSR count). The predicted octanol–water partition coefficient (Wildman–Crippen LogP) is 2.80. The molecule has 2 aromatic carbocycles. The van der Waals surface area contributed by atoms with Crippen molar-refractivity contribution >= 4 is 17.6 Å². The van der Waals surface area contributed by atoms with Crippen LogP contribution in [-0.2, 0) is 9.53 Å². The summed E-state index contributed by atoms with van der Waals surface area (Å²) in [6.07, 6.45) is 0. The molecule has 0 saturated heterocycles. The van der Waals surface area contributed by atoms with Crippen LogP contribution in [-0.4, -0.2) is 18.5 Å². The van der Waals surface area contributed by atoms with Gasteiger partial charge < -0.3 is 10.1 Å². The van der Waals surface area contributed by atoms with Gasteiger partial charge in [0, 0.05) is 5.69 Å². The fourth-order valence-corrected chi connectivity index (χ4v) is 1.79. The molecule has 1 amide bonds. The summed E-state index contributed by atoms with van der Waals surface area (Å²) in [5, 5.41) is 11.2. The normalized spacial score (nSPS) is 9.78. The molecule has 116 valence electrons. The van der Waals surface area contributed by atoms with Gasteiger partial charge in [-0.3, -0.25) is 4.79 Å². The Balaban J connectivity index is 1.92. The van der Waals surface area contributed by atoms with Gasteiger partial charge in [-0.05, 0) is 37.3 Å². The number of halogens is 1. The van der Waals surface area contributed by atoms with Crippen LogP contribution in [0, 0.1) is 24.1 Å². The van der Waals surface area contributed by atoms with Crippen LogP contribution in [0.25, 0.3) is 0 Å². The summed E-state index contributed by atoms with van der Waals surface area (Å²) in [6.45, 7) is 1.38. The molecule has 0 aromatic heterocycles. The molecule has 0 unspecified atom stereocenters. The van der Waals surface area contributed by atoms with Crippen LogP contribution >= 0.6 is 0 Å². The molecule has 0 fully saturated rings. The van der Waals surface area contributed by atoms with E-state index in [0.717, 1.165) is 17.7 Å². The van der Waals surface area contributed by atoms with Crippen molar-refractivity contribution in [1.82, 2.24) is 0 Å². The Kier molecular flexibility index (Phi) is 5.05. The maximum absolute atomic E-state index is 13.6. The quantitative estimate of drug-likeness (QED) is 0.880. The molecule has 0 spiro atoms. The van der Waals surface area contributed by atoms with Gasteiger partial charge in [0.15, 0.2) is 6.61 Å². The van der Waals surface area contributed by atoms with Gasteiger partial charge in [-0.15, -0.1) is 0 Å². The molecular formula is C17H13FN2O3. The summed E-state index contributed by atoms with van der Waals surface area (Å²) in [4.78, 5) is 23.4. The number of nitrogens with one attached hydrogen (secondary N) is 1. The maximum Gasteiger partial charge on any atom is 0.341 e. The summed E-state index contributed by atoms with van der Waals surface area (Å²) in [6, 6.07) is 12.2. The average Bonchev–Trinajstić information content (AvgIpc) is 2.54. The Morgan fingerprint density at radius 2 is 1.91 bits per heavy atom. The molecule has 0 aliphatic heterocycles. The molecule has 0 bridgehead atoms. The van der Waals surface area contributed by atoms with Crippen molar-refractivity contribution in [3.63, 3.8) is 0 Å². The number of aryl methyl sites for hydroxylation is 1. The van der Waals surface area contributed by atoms with Crippen molar-refractivity contribution in [3.05, 3.63) is 65.0 Å². The summed E-state index contributed by atoms with van der Waals surface area (Å²) in [5.74, 6) is -2.37. The summed E-state index contributed by atoms with van der Waals surface area (Å²) >= 11 is 0. The van der Waals surface area contributed by atoms with Crippen LogP contribution in [0.1, 0.15) is 21.5 Å². The molecule has 23 heavy (non-hydrogen) atoms. The molecule has 0 radical (unpaired) electrons. The highest BCUT2D eigenvalue weighted by Crippen LogP contribution is 2.12. The number of carbonyl (C=O) groups is 2. The van der Waals surface area contributed by atoms with Crippen LogP contribution < -0.4 is 5.32 Å². The predicted molar refractivity (Wildman–Crippen MR) is 81.2 cm³/mol. The van der Waals surface area contributed by atoms with Crippen molar-refractivity contribution in [2.75, 3.05) is 11.9 Å². The zero-order chi connectivity index (χ0) is 16.8. The Hall–Kier alpha value is -3.20. The smallest absolute Gasteiger partial charge is 0.341 e. The Bertz CT molecular complexity index is 779. The first kappa shape index (κ1) is 16.2. The lowest BCUT2D eigenvalue weighted by molar-refractivity contribution is -0.119. The number of carbonyl (C=O) groups excluding carboxylic acids is 2. The second-order valence-electron chi connectivity index (χ2n) is 4.80. The van der Waals surface area contributed by atoms with Crippen molar-refractivity contribution in [2.45, 2.75) is 6.92 Å². The summed E-state index contributed by atoms with van der Waals surface area (Å²) in [5.41, 5.74) is 1.38. The van der Waals surface area contributed by atoms with E-state index in [2.05, 4.69) is 5.32 Å². The number of benzene rings is 2. The van der Waals surface area contributed by atoms with Crippen LogP contribution in [0.4, 0.5) is 10.1 Å². The van der Waals surface area contributed by atoms with E-state index in [-0.39, 0.29) is 11.1 Å². The van der Waals surface area contributed by atoms with Crippen LogP contribution in [0.5, 0.6) is 0 Å². The Morgan fingerprint density at radius 1 is 1.22 bits per heavy atom. The van der Waals surface area contributed by atoms with E-state index in [1.165, 1.54) is 6.07 Å². The number of hydrogen-bond donors (Lipinski definition) is 1. The highest BCUT2D eigenvalue weighted by molar-refractivity contribution is 5.95. The largest absolute Gasteiger partial charge is 0.452 e. The van der Waals surface area contributed by atoms with Gasteiger partial charge in [0.1, 0.15) is 5.82 Å². The molecule has 1 N–H and O–H groups in total.